The molecule has 1 aliphatic heterocycles. The zero-order valence-electron chi connectivity index (χ0n) is 14.5. The van der Waals surface area contributed by atoms with Crippen LogP contribution in [0.15, 0.2) is 29.2 Å². The third-order valence-corrected chi connectivity index (χ3v) is 6.05. The Kier molecular flexibility index (Phi) is 6.77. The molecule has 24 heavy (non-hydrogen) atoms. The molecule has 1 heterocycles. The maximum Gasteiger partial charge on any atom is 0.251 e. The lowest BCUT2D eigenvalue weighted by Crippen LogP contribution is -2.35. The van der Waals surface area contributed by atoms with Gasteiger partial charge < -0.3 is 10.2 Å². The zero-order chi connectivity index (χ0) is 17.6. The standard InChI is InChI=1S/C17H27N3O3S/c1-19(2)12-6-11-18-17(21)15-7-9-16(10-8-15)24(22,23)20-13-4-3-5-14-20/h7-10H,3-6,11-14H2,1-2H3,(H,18,21). The molecule has 0 atom stereocenters. The number of nitrogens with zero attached hydrogens (tertiary/aromatic N) is 2. The Morgan fingerprint density at radius 1 is 1.12 bits per heavy atom. The molecule has 1 amide bonds. The summed E-state index contributed by atoms with van der Waals surface area (Å²) in [5, 5.41) is 2.85. The minimum atomic E-state index is -3.44. The number of hydrogen-bond acceptors (Lipinski definition) is 4. The first-order valence-corrected chi connectivity index (χ1v) is 9.88. The van der Waals surface area contributed by atoms with Crippen molar-refractivity contribution in [3.05, 3.63) is 29.8 Å². The second-order valence-electron chi connectivity index (χ2n) is 6.40. The molecular formula is C17H27N3O3S. The predicted octanol–water partition coefficient (Wildman–Crippen LogP) is 1.54. The lowest BCUT2D eigenvalue weighted by Gasteiger charge is -2.25. The number of carbonyl (C=O) groups excluding carboxylic acids is 1. The number of rotatable bonds is 7. The summed E-state index contributed by atoms with van der Waals surface area (Å²) < 4.78 is 26.7. The van der Waals surface area contributed by atoms with Crippen molar-refractivity contribution in [1.82, 2.24) is 14.5 Å². The molecule has 0 aromatic heterocycles. The zero-order valence-corrected chi connectivity index (χ0v) is 15.3. The normalized spacial score (nSPS) is 16.3. The maximum atomic E-state index is 12.6. The summed E-state index contributed by atoms with van der Waals surface area (Å²) in [6.07, 6.45) is 3.78. The average molecular weight is 353 g/mol. The van der Waals surface area contributed by atoms with Crippen LogP contribution in [-0.2, 0) is 10.0 Å². The van der Waals surface area contributed by atoms with E-state index >= 15 is 0 Å². The Balaban J connectivity index is 1.95. The van der Waals surface area contributed by atoms with E-state index in [1.807, 2.05) is 14.1 Å². The van der Waals surface area contributed by atoms with Crippen LogP contribution in [0, 0.1) is 0 Å². The molecule has 0 saturated carbocycles. The topological polar surface area (TPSA) is 69.7 Å². The van der Waals surface area contributed by atoms with Crippen molar-refractivity contribution in [2.24, 2.45) is 0 Å². The van der Waals surface area contributed by atoms with Crippen LogP contribution in [-0.4, -0.2) is 63.8 Å². The van der Waals surface area contributed by atoms with Crippen molar-refractivity contribution in [3.8, 4) is 0 Å². The van der Waals surface area contributed by atoms with Crippen LogP contribution in [0.5, 0.6) is 0 Å². The number of benzene rings is 1. The van der Waals surface area contributed by atoms with Crippen LogP contribution in [0.25, 0.3) is 0 Å². The van der Waals surface area contributed by atoms with Crippen molar-refractivity contribution < 1.29 is 13.2 Å². The molecular weight excluding hydrogens is 326 g/mol. The van der Waals surface area contributed by atoms with Gasteiger partial charge in [0.15, 0.2) is 0 Å². The summed E-state index contributed by atoms with van der Waals surface area (Å²) in [6.45, 7) is 2.67. The van der Waals surface area contributed by atoms with E-state index < -0.39 is 10.0 Å². The van der Waals surface area contributed by atoms with Crippen molar-refractivity contribution in [1.29, 1.82) is 0 Å². The van der Waals surface area contributed by atoms with Gasteiger partial charge in [0.25, 0.3) is 5.91 Å². The summed E-state index contributed by atoms with van der Waals surface area (Å²) in [5.74, 6) is -0.171. The summed E-state index contributed by atoms with van der Waals surface area (Å²) in [7, 11) is 0.540. The summed E-state index contributed by atoms with van der Waals surface area (Å²) in [4.78, 5) is 14.4. The molecule has 1 aromatic carbocycles. The minimum absolute atomic E-state index is 0.171. The number of piperidine rings is 1. The van der Waals surface area contributed by atoms with Gasteiger partial charge in [-0.2, -0.15) is 4.31 Å². The van der Waals surface area contributed by atoms with E-state index in [4.69, 9.17) is 0 Å². The van der Waals surface area contributed by atoms with E-state index in [1.165, 1.54) is 16.4 Å². The number of sulfonamides is 1. The monoisotopic (exact) mass is 353 g/mol. The van der Waals surface area contributed by atoms with E-state index in [0.717, 1.165) is 32.2 Å². The molecule has 1 saturated heterocycles. The van der Waals surface area contributed by atoms with Crippen LogP contribution in [0.1, 0.15) is 36.0 Å². The molecule has 0 spiro atoms. The molecule has 134 valence electrons. The number of carbonyl (C=O) groups is 1. The minimum Gasteiger partial charge on any atom is -0.352 e. The van der Waals surface area contributed by atoms with Crippen molar-refractivity contribution in [2.75, 3.05) is 40.3 Å². The van der Waals surface area contributed by atoms with Gasteiger partial charge in [0, 0.05) is 25.2 Å². The van der Waals surface area contributed by atoms with E-state index in [0.29, 0.717) is 25.2 Å². The maximum absolute atomic E-state index is 12.6. The highest BCUT2D eigenvalue weighted by atomic mass is 32.2. The SMILES string of the molecule is CN(C)CCCNC(=O)c1ccc(S(=O)(=O)N2CCCCC2)cc1. The van der Waals surface area contributed by atoms with Crippen molar-refractivity contribution in [2.45, 2.75) is 30.6 Å². The Hall–Kier alpha value is -1.44. The largest absolute Gasteiger partial charge is 0.352 e. The lowest BCUT2D eigenvalue weighted by molar-refractivity contribution is 0.0952. The fraction of sp³-hybridized carbons (Fsp3) is 0.588. The number of hydrogen-bond donors (Lipinski definition) is 1. The Morgan fingerprint density at radius 2 is 1.75 bits per heavy atom. The van der Waals surface area contributed by atoms with Crippen molar-refractivity contribution >= 4 is 15.9 Å². The van der Waals surface area contributed by atoms with Gasteiger partial charge >= 0.3 is 0 Å². The molecule has 1 aliphatic rings. The van der Waals surface area contributed by atoms with Gasteiger partial charge in [0.2, 0.25) is 10.0 Å². The molecule has 1 fully saturated rings. The molecule has 0 unspecified atom stereocenters. The van der Waals surface area contributed by atoms with E-state index in [-0.39, 0.29) is 10.8 Å². The van der Waals surface area contributed by atoms with Gasteiger partial charge in [-0.15, -0.1) is 0 Å². The first-order valence-electron chi connectivity index (χ1n) is 8.44. The molecule has 2 rings (SSSR count). The first-order chi connectivity index (χ1) is 11.4. The molecule has 1 N–H and O–H groups in total. The Labute approximate surface area is 144 Å². The fourth-order valence-electron chi connectivity index (χ4n) is 2.73. The van der Waals surface area contributed by atoms with Crippen LogP contribution < -0.4 is 5.32 Å². The molecule has 1 aromatic rings. The fourth-order valence-corrected chi connectivity index (χ4v) is 4.25. The van der Waals surface area contributed by atoms with Gasteiger partial charge in [0.1, 0.15) is 0 Å². The van der Waals surface area contributed by atoms with Gasteiger partial charge in [-0.05, 0) is 64.2 Å². The van der Waals surface area contributed by atoms with Crippen LogP contribution >= 0.6 is 0 Å². The smallest absolute Gasteiger partial charge is 0.251 e. The van der Waals surface area contributed by atoms with Crippen LogP contribution in [0.3, 0.4) is 0 Å². The highest BCUT2D eigenvalue weighted by Gasteiger charge is 2.25. The first kappa shape index (κ1) is 18.9. The molecule has 6 nitrogen and oxygen atoms in total. The highest BCUT2D eigenvalue weighted by molar-refractivity contribution is 7.89. The van der Waals surface area contributed by atoms with Crippen LogP contribution in [0.4, 0.5) is 0 Å². The summed E-state index contributed by atoms with van der Waals surface area (Å²) in [5.41, 5.74) is 0.484. The van der Waals surface area contributed by atoms with Gasteiger partial charge in [-0.1, -0.05) is 6.42 Å². The third-order valence-electron chi connectivity index (χ3n) is 4.14. The second kappa shape index (κ2) is 8.60. The number of nitrogens with one attached hydrogen (secondary N) is 1. The average Bonchev–Trinajstić information content (AvgIpc) is 2.59. The third kappa shape index (κ3) is 5.03. The molecule has 7 heteroatoms. The van der Waals surface area contributed by atoms with E-state index in [2.05, 4.69) is 10.2 Å². The van der Waals surface area contributed by atoms with Gasteiger partial charge in [-0.25, -0.2) is 8.42 Å². The predicted molar refractivity (Wildman–Crippen MR) is 94.6 cm³/mol. The quantitative estimate of drug-likeness (QED) is 0.755. The van der Waals surface area contributed by atoms with E-state index in [9.17, 15) is 13.2 Å². The summed E-state index contributed by atoms with van der Waals surface area (Å²) >= 11 is 0. The molecule has 0 radical (unpaired) electrons. The number of amides is 1. The molecule has 0 bridgehead atoms. The summed E-state index contributed by atoms with van der Waals surface area (Å²) in [6, 6.07) is 6.22. The highest BCUT2D eigenvalue weighted by Crippen LogP contribution is 2.20. The Morgan fingerprint density at radius 3 is 2.33 bits per heavy atom. The molecule has 0 aliphatic carbocycles. The second-order valence-corrected chi connectivity index (χ2v) is 8.34. The Bertz CT molecular complexity index is 636. The van der Waals surface area contributed by atoms with Crippen molar-refractivity contribution in [3.63, 3.8) is 0 Å². The van der Waals surface area contributed by atoms with E-state index in [1.54, 1.807) is 12.1 Å². The lowest BCUT2D eigenvalue weighted by atomic mass is 10.2. The van der Waals surface area contributed by atoms with Crippen LogP contribution in [0.2, 0.25) is 0 Å². The van der Waals surface area contributed by atoms with Gasteiger partial charge in [0.05, 0.1) is 4.90 Å². The van der Waals surface area contributed by atoms with Gasteiger partial charge in [-0.3, -0.25) is 4.79 Å².